The first-order valence-electron chi connectivity index (χ1n) is 5.99. The lowest BCUT2D eigenvalue weighted by Gasteiger charge is -2.13. The Morgan fingerprint density at radius 3 is 2.89 bits per heavy atom. The van der Waals surface area contributed by atoms with Crippen molar-refractivity contribution in [2.45, 2.75) is 32.7 Å². The van der Waals surface area contributed by atoms with E-state index >= 15 is 0 Å². The van der Waals surface area contributed by atoms with Crippen LogP contribution in [0.5, 0.6) is 0 Å². The number of anilines is 2. The molecule has 0 spiro atoms. The van der Waals surface area contributed by atoms with Crippen molar-refractivity contribution in [3.63, 3.8) is 0 Å². The molecule has 0 radical (unpaired) electrons. The summed E-state index contributed by atoms with van der Waals surface area (Å²) < 4.78 is 0. The van der Waals surface area contributed by atoms with E-state index in [4.69, 9.17) is 17.3 Å². The molecule has 102 valence electrons. The monoisotopic (exact) mass is 297 g/mol. The Bertz CT molecular complexity index is 557. The summed E-state index contributed by atoms with van der Waals surface area (Å²) in [5.74, 6) is 0.732. The molecular formula is C12H16ClN5S. The molecule has 0 saturated heterocycles. The molecule has 0 fully saturated rings. The van der Waals surface area contributed by atoms with Gasteiger partial charge >= 0.3 is 0 Å². The van der Waals surface area contributed by atoms with Gasteiger partial charge in [0.15, 0.2) is 0 Å². The highest BCUT2D eigenvalue weighted by atomic mass is 35.5. The van der Waals surface area contributed by atoms with E-state index < -0.39 is 0 Å². The first-order valence-corrected chi connectivity index (χ1v) is 7.25. The van der Waals surface area contributed by atoms with Crippen molar-refractivity contribution in [1.29, 1.82) is 0 Å². The number of nitrogen functional groups attached to an aromatic ring is 1. The molecular weight excluding hydrogens is 282 g/mol. The smallest absolute Gasteiger partial charge is 0.227 e. The second-order valence-corrected chi connectivity index (χ2v) is 5.75. The Labute approximate surface area is 121 Å². The topological polar surface area (TPSA) is 76.7 Å². The Balaban J connectivity index is 1.88. The minimum Gasteiger partial charge on any atom is -0.368 e. The van der Waals surface area contributed by atoms with Crippen LogP contribution < -0.4 is 11.1 Å². The zero-order valence-corrected chi connectivity index (χ0v) is 12.4. The summed E-state index contributed by atoms with van der Waals surface area (Å²) in [6.07, 6.45) is 3.29. The van der Waals surface area contributed by atoms with Crippen molar-refractivity contribution in [1.82, 2.24) is 15.0 Å². The molecule has 3 N–H and O–H groups in total. The molecule has 2 heterocycles. The van der Waals surface area contributed by atoms with Crippen LogP contribution in [0.25, 0.3) is 0 Å². The van der Waals surface area contributed by atoms with Crippen LogP contribution in [-0.2, 0) is 6.42 Å². The van der Waals surface area contributed by atoms with Gasteiger partial charge in [0.25, 0.3) is 0 Å². The Morgan fingerprint density at radius 2 is 2.26 bits per heavy atom. The van der Waals surface area contributed by atoms with E-state index in [0.717, 1.165) is 23.4 Å². The first-order chi connectivity index (χ1) is 9.06. The van der Waals surface area contributed by atoms with E-state index in [9.17, 15) is 0 Å². The van der Waals surface area contributed by atoms with Crippen LogP contribution in [0.4, 0.5) is 11.9 Å². The number of aryl methyl sites for hydroxylation is 2. The van der Waals surface area contributed by atoms with Gasteiger partial charge in [0.05, 0.1) is 5.02 Å². The van der Waals surface area contributed by atoms with E-state index in [-0.39, 0.29) is 12.0 Å². The van der Waals surface area contributed by atoms with Crippen molar-refractivity contribution in [3.8, 4) is 0 Å². The fourth-order valence-corrected chi connectivity index (χ4v) is 2.95. The van der Waals surface area contributed by atoms with Crippen molar-refractivity contribution in [2.75, 3.05) is 11.1 Å². The van der Waals surface area contributed by atoms with Gasteiger partial charge in [-0.05, 0) is 37.6 Å². The number of aromatic nitrogens is 3. The molecule has 0 aromatic carbocycles. The number of hydrogen-bond acceptors (Lipinski definition) is 6. The maximum absolute atomic E-state index is 6.21. The highest BCUT2D eigenvalue weighted by Gasteiger charge is 2.09. The summed E-state index contributed by atoms with van der Waals surface area (Å²) in [6.45, 7) is 4.10. The second kappa shape index (κ2) is 6.16. The lowest BCUT2D eigenvalue weighted by Crippen LogP contribution is -2.18. The van der Waals surface area contributed by atoms with E-state index in [0.29, 0.717) is 5.95 Å². The number of nitrogens with one attached hydrogen (secondary N) is 1. The van der Waals surface area contributed by atoms with Gasteiger partial charge in [0.1, 0.15) is 6.33 Å². The van der Waals surface area contributed by atoms with Gasteiger partial charge in [-0.25, -0.2) is 9.97 Å². The van der Waals surface area contributed by atoms with Crippen LogP contribution in [-0.4, -0.2) is 21.0 Å². The van der Waals surface area contributed by atoms with Crippen molar-refractivity contribution in [2.24, 2.45) is 0 Å². The standard InChI is InChI=1S/C12H16ClN5S/c1-7-5-19-9(10(7)13)4-3-8(2)17-12-16-6-15-11(14)18-12/h5-6,8H,3-4H2,1-2H3,(H3,14,15,16,17,18). The minimum atomic E-state index is 0.224. The van der Waals surface area contributed by atoms with Gasteiger partial charge in [0, 0.05) is 10.9 Å². The molecule has 1 unspecified atom stereocenters. The van der Waals surface area contributed by atoms with E-state index in [1.54, 1.807) is 11.3 Å². The summed E-state index contributed by atoms with van der Waals surface area (Å²) >= 11 is 7.92. The SMILES string of the molecule is Cc1csc(CCC(C)Nc2ncnc(N)n2)c1Cl. The normalized spacial score (nSPS) is 12.4. The molecule has 19 heavy (non-hydrogen) atoms. The average Bonchev–Trinajstić information content (AvgIpc) is 2.68. The van der Waals surface area contributed by atoms with Crippen LogP contribution in [0, 0.1) is 6.92 Å². The number of thiophene rings is 1. The maximum Gasteiger partial charge on any atom is 0.227 e. The Morgan fingerprint density at radius 1 is 1.47 bits per heavy atom. The third kappa shape index (κ3) is 3.78. The molecule has 1 atom stereocenters. The Kier molecular flexibility index (Phi) is 4.55. The van der Waals surface area contributed by atoms with Crippen LogP contribution in [0.1, 0.15) is 23.8 Å². The van der Waals surface area contributed by atoms with Gasteiger partial charge in [-0.3, -0.25) is 0 Å². The van der Waals surface area contributed by atoms with Crippen LogP contribution in [0.2, 0.25) is 5.02 Å². The lowest BCUT2D eigenvalue weighted by molar-refractivity contribution is 0.703. The molecule has 0 aliphatic carbocycles. The zero-order chi connectivity index (χ0) is 13.8. The molecule has 0 saturated carbocycles. The molecule has 2 aromatic rings. The molecule has 0 bridgehead atoms. The van der Waals surface area contributed by atoms with Crippen molar-refractivity contribution < 1.29 is 0 Å². The highest BCUT2D eigenvalue weighted by Crippen LogP contribution is 2.28. The first kappa shape index (κ1) is 14.0. The van der Waals surface area contributed by atoms with Gasteiger partial charge in [-0.1, -0.05) is 11.6 Å². The fraction of sp³-hybridized carbons (Fsp3) is 0.417. The summed E-state index contributed by atoms with van der Waals surface area (Å²) in [5.41, 5.74) is 6.65. The Hall–Kier alpha value is -1.40. The van der Waals surface area contributed by atoms with Crippen LogP contribution in [0.15, 0.2) is 11.7 Å². The van der Waals surface area contributed by atoms with Gasteiger partial charge < -0.3 is 11.1 Å². The van der Waals surface area contributed by atoms with Gasteiger partial charge in [-0.2, -0.15) is 4.98 Å². The molecule has 0 aliphatic rings. The predicted molar refractivity (Wildman–Crippen MR) is 79.7 cm³/mol. The zero-order valence-electron chi connectivity index (χ0n) is 10.9. The van der Waals surface area contributed by atoms with E-state index in [2.05, 4.69) is 32.6 Å². The molecule has 2 rings (SSSR count). The molecule has 7 heteroatoms. The molecule has 5 nitrogen and oxygen atoms in total. The number of nitrogens with two attached hydrogens (primary N) is 1. The van der Waals surface area contributed by atoms with Gasteiger partial charge in [0.2, 0.25) is 11.9 Å². The molecule has 0 aliphatic heterocycles. The third-order valence-corrected chi connectivity index (χ3v) is 4.54. The number of rotatable bonds is 5. The second-order valence-electron chi connectivity index (χ2n) is 4.41. The summed E-state index contributed by atoms with van der Waals surface area (Å²) in [5, 5.41) is 6.17. The summed E-state index contributed by atoms with van der Waals surface area (Å²) in [6, 6.07) is 0.236. The average molecular weight is 298 g/mol. The minimum absolute atomic E-state index is 0.224. The number of nitrogens with zero attached hydrogens (tertiary/aromatic N) is 3. The largest absolute Gasteiger partial charge is 0.368 e. The van der Waals surface area contributed by atoms with Crippen molar-refractivity contribution >= 4 is 34.8 Å². The quantitative estimate of drug-likeness (QED) is 0.887. The predicted octanol–water partition coefficient (Wildman–Crippen LogP) is 2.91. The van der Waals surface area contributed by atoms with E-state index in [1.165, 1.54) is 11.2 Å². The third-order valence-electron chi connectivity index (χ3n) is 2.74. The summed E-state index contributed by atoms with van der Waals surface area (Å²) in [7, 11) is 0. The van der Waals surface area contributed by atoms with Crippen LogP contribution >= 0.6 is 22.9 Å². The molecule has 2 aromatic heterocycles. The van der Waals surface area contributed by atoms with Crippen LogP contribution in [0.3, 0.4) is 0 Å². The van der Waals surface area contributed by atoms with E-state index in [1.807, 2.05) is 6.92 Å². The summed E-state index contributed by atoms with van der Waals surface area (Å²) in [4.78, 5) is 13.0. The van der Waals surface area contributed by atoms with Crippen molar-refractivity contribution in [3.05, 3.63) is 27.2 Å². The van der Waals surface area contributed by atoms with Gasteiger partial charge in [-0.15, -0.1) is 11.3 Å². The molecule has 0 amide bonds. The fourth-order valence-electron chi connectivity index (χ4n) is 1.67. The maximum atomic E-state index is 6.21. The number of hydrogen-bond donors (Lipinski definition) is 2. The lowest BCUT2D eigenvalue weighted by atomic mass is 10.1. The number of halogens is 1. The highest BCUT2D eigenvalue weighted by molar-refractivity contribution is 7.10.